The number of nitrogens with one attached hydrogen (secondary N) is 1. The molecule has 1 saturated heterocycles. The maximum Gasteiger partial charge on any atom is 0.417 e. The van der Waals surface area contributed by atoms with Gasteiger partial charge in [-0.15, -0.1) is 0 Å². The Morgan fingerprint density at radius 2 is 1.85 bits per heavy atom. The van der Waals surface area contributed by atoms with Gasteiger partial charge in [0.25, 0.3) is 0 Å². The number of thiocarbonyl (C=S) groups is 1. The third-order valence-corrected chi connectivity index (χ3v) is 8.05. The van der Waals surface area contributed by atoms with Gasteiger partial charge in [0.1, 0.15) is 12.1 Å². The molecule has 2 aliphatic rings. The number of ether oxygens (including phenoxy) is 1. The van der Waals surface area contributed by atoms with Crippen LogP contribution in [0.5, 0.6) is 0 Å². The van der Waals surface area contributed by atoms with Gasteiger partial charge in [0, 0.05) is 11.2 Å². The quantitative estimate of drug-likeness (QED) is 0.435. The van der Waals surface area contributed by atoms with Crippen LogP contribution in [0.2, 0.25) is 10.0 Å². The summed E-state index contributed by atoms with van der Waals surface area (Å²) in [6, 6.07) is 10.6. The number of rotatable bonds is 4. The molecule has 4 rings (SSSR count). The summed E-state index contributed by atoms with van der Waals surface area (Å²) in [5, 5.41) is 4.85. The standard InChI is InChI=1S/C26H31Cl2N3O2S/c1-15(2)20-11-5-16(3)13-22(20)33-25(32)31-23(21-12-10-19(28)14-29-21)26(4,30-24(31)34)17-6-8-18(27)9-7-17/h6-10,12,14-16,20,22-23H,5,11,13H2,1-4H3,(H,30,34)/t16-,20+,22?,23-,26+/m1/s1. The summed E-state index contributed by atoms with van der Waals surface area (Å²) in [5.74, 6) is 1.28. The minimum atomic E-state index is -0.737. The van der Waals surface area contributed by atoms with Crippen LogP contribution in [0, 0.1) is 17.8 Å². The average molecular weight is 521 g/mol. The van der Waals surface area contributed by atoms with Crippen LogP contribution in [0.1, 0.15) is 64.3 Å². The first kappa shape index (κ1) is 25.2. The highest BCUT2D eigenvalue weighted by Crippen LogP contribution is 2.45. The zero-order chi connectivity index (χ0) is 24.6. The van der Waals surface area contributed by atoms with Crippen molar-refractivity contribution in [3.8, 4) is 0 Å². The molecule has 1 N–H and O–H groups in total. The molecular weight excluding hydrogens is 489 g/mol. The Hall–Kier alpha value is -1.89. The molecule has 1 aliphatic heterocycles. The third kappa shape index (κ3) is 4.91. The van der Waals surface area contributed by atoms with Crippen molar-refractivity contribution in [1.29, 1.82) is 0 Å². The van der Waals surface area contributed by atoms with Crippen LogP contribution in [-0.4, -0.2) is 27.2 Å². The Bertz CT molecular complexity index is 1050. The van der Waals surface area contributed by atoms with E-state index in [-0.39, 0.29) is 6.10 Å². The van der Waals surface area contributed by atoms with E-state index in [1.54, 1.807) is 12.3 Å². The summed E-state index contributed by atoms with van der Waals surface area (Å²) < 4.78 is 6.20. The van der Waals surface area contributed by atoms with E-state index in [4.69, 9.17) is 40.2 Å². The van der Waals surface area contributed by atoms with E-state index in [9.17, 15) is 4.79 Å². The van der Waals surface area contributed by atoms with Gasteiger partial charge < -0.3 is 10.1 Å². The van der Waals surface area contributed by atoms with Crippen molar-refractivity contribution in [3.63, 3.8) is 0 Å². The highest BCUT2D eigenvalue weighted by atomic mass is 35.5. The molecule has 2 fully saturated rings. The van der Waals surface area contributed by atoms with Gasteiger partial charge in [-0.1, -0.05) is 62.5 Å². The summed E-state index contributed by atoms with van der Waals surface area (Å²) in [5.41, 5.74) is 0.866. The molecule has 0 radical (unpaired) electrons. The van der Waals surface area contributed by atoms with Crippen molar-refractivity contribution in [2.24, 2.45) is 17.8 Å². The van der Waals surface area contributed by atoms with E-state index in [2.05, 4.69) is 31.1 Å². The number of nitrogens with zero attached hydrogens (tertiary/aromatic N) is 2. The number of pyridine rings is 1. The number of hydrogen-bond acceptors (Lipinski definition) is 4. The Labute approximate surface area is 217 Å². The molecule has 5 nitrogen and oxygen atoms in total. The van der Waals surface area contributed by atoms with Crippen LogP contribution in [0.3, 0.4) is 0 Å². The predicted octanol–water partition coefficient (Wildman–Crippen LogP) is 7.13. The predicted molar refractivity (Wildman–Crippen MR) is 140 cm³/mol. The second-order valence-electron chi connectivity index (χ2n) is 10.1. The molecule has 1 aliphatic carbocycles. The zero-order valence-corrected chi connectivity index (χ0v) is 22.3. The maximum atomic E-state index is 13.7. The first-order valence-electron chi connectivity index (χ1n) is 11.8. The second kappa shape index (κ2) is 10.00. The molecule has 1 saturated carbocycles. The Morgan fingerprint density at radius 3 is 2.47 bits per heavy atom. The van der Waals surface area contributed by atoms with Gasteiger partial charge in [0.05, 0.1) is 16.3 Å². The van der Waals surface area contributed by atoms with Gasteiger partial charge in [0.15, 0.2) is 5.11 Å². The van der Waals surface area contributed by atoms with E-state index in [1.165, 1.54) is 4.90 Å². The van der Waals surface area contributed by atoms with Gasteiger partial charge in [-0.2, -0.15) is 0 Å². The van der Waals surface area contributed by atoms with E-state index >= 15 is 0 Å². The van der Waals surface area contributed by atoms with Gasteiger partial charge in [-0.25, -0.2) is 9.69 Å². The Kier molecular flexibility index (Phi) is 7.41. The minimum absolute atomic E-state index is 0.139. The van der Waals surface area contributed by atoms with E-state index in [0.29, 0.717) is 38.6 Å². The number of halogens is 2. The van der Waals surface area contributed by atoms with E-state index in [1.807, 2.05) is 37.3 Å². The largest absolute Gasteiger partial charge is 0.445 e. The number of carbonyl (C=O) groups excluding carboxylic acids is 1. The number of benzene rings is 1. The molecule has 34 heavy (non-hydrogen) atoms. The summed E-state index contributed by atoms with van der Waals surface area (Å²) in [7, 11) is 0. The van der Waals surface area contributed by atoms with Gasteiger partial charge in [-0.05, 0) is 79.6 Å². The lowest BCUT2D eigenvalue weighted by atomic mass is 9.75. The van der Waals surface area contributed by atoms with Crippen LogP contribution in [0.15, 0.2) is 42.6 Å². The molecule has 1 amide bonds. The van der Waals surface area contributed by atoms with Crippen molar-refractivity contribution >= 4 is 46.6 Å². The highest BCUT2D eigenvalue weighted by molar-refractivity contribution is 7.80. The summed E-state index contributed by atoms with van der Waals surface area (Å²) in [6.45, 7) is 8.62. The lowest BCUT2D eigenvalue weighted by molar-refractivity contribution is -0.00717. The van der Waals surface area contributed by atoms with Crippen LogP contribution in [0.4, 0.5) is 4.79 Å². The van der Waals surface area contributed by atoms with Crippen molar-refractivity contribution in [2.45, 2.75) is 64.6 Å². The van der Waals surface area contributed by atoms with Crippen molar-refractivity contribution in [3.05, 3.63) is 63.9 Å². The van der Waals surface area contributed by atoms with Crippen molar-refractivity contribution < 1.29 is 9.53 Å². The fourth-order valence-electron chi connectivity index (χ4n) is 5.35. The maximum absolute atomic E-state index is 13.7. The summed E-state index contributed by atoms with van der Waals surface area (Å²) >= 11 is 18.0. The normalized spacial score (nSPS) is 29.3. The third-order valence-electron chi connectivity index (χ3n) is 7.28. The summed E-state index contributed by atoms with van der Waals surface area (Å²) in [4.78, 5) is 19.8. The highest BCUT2D eigenvalue weighted by Gasteiger charge is 2.53. The molecule has 5 atom stereocenters. The average Bonchev–Trinajstić information content (AvgIpc) is 3.05. The van der Waals surface area contributed by atoms with Crippen LogP contribution < -0.4 is 5.32 Å². The minimum Gasteiger partial charge on any atom is -0.445 e. The smallest absolute Gasteiger partial charge is 0.417 e. The monoisotopic (exact) mass is 519 g/mol. The first-order chi connectivity index (χ1) is 16.1. The van der Waals surface area contributed by atoms with E-state index < -0.39 is 17.7 Å². The number of carbonyl (C=O) groups is 1. The number of amides is 1. The molecule has 1 aromatic heterocycles. The Morgan fingerprint density at radius 1 is 1.18 bits per heavy atom. The molecule has 2 heterocycles. The van der Waals surface area contributed by atoms with Crippen LogP contribution in [-0.2, 0) is 10.3 Å². The van der Waals surface area contributed by atoms with Crippen molar-refractivity contribution in [2.75, 3.05) is 0 Å². The van der Waals surface area contributed by atoms with Crippen molar-refractivity contribution in [1.82, 2.24) is 15.2 Å². The lowest BCUT2D eigenvalue weighted by Gasteiger charge is -2.38. The van der Waals surface area contributed by atoms with Gasteiger partial charge in [0.2, 0.25) is 0 Å². The van der Waals surface area contributed by atoms with E-state index in [0.717, 1.165) is 24.8 Å². The molecule has 8 heteroatoms. The fraction of sp³-hybridized carbons (Fsp3) is 0.500. The van der Waals surface area contributed by atoms with Gasteiger partial charge in [-0.3, -0.25) is 4.98 Å². The Balaban J connectivity index is 1.71. The molecule has 2 aromatic rings. The SMILES string of the molecule is CC(C)[C@@H]1CC[C@@H](C)CC1OC(=O)N1C(=S)N[C@@](C)(c2ccc(Cl)cc2)[C@H]1c1ccc(Cl)cn1. The summed E-state index contributed by atoms with van der Waals surface area (Å²) in [6.07, 6.45) is 4.08. The van der Waals surface area contributed by atoms with Crippen LogP contribution >= 0.6 is 35.4 Å². The number of aromatic nitrogens is 1. The molecule has 0 bridgehead atoms. The van der Waals surface area contributed by atoms with Crippen LogP contribution in [0.25, 0.3) is 0 Å². The molecule has 182 valence electrons. The molecule has 1 aromatic carbocycles. The first-order valence-corrected chi connectivity index (χ1v) is 13.0. The lowest BCUT2D eigenvalue weighted by Crippen LogP contribution is -2.43. The molecule has 1 unspecified atom stereocenters. The van der Waals surface area contributed by atoms with Gasteiger partial charge >= 0.3 is 6.09 Å². The molecule has 0 spiro atoms. The number of hydrogen-bond donors (Lipinski definition) is 1. The second-order valence-corrected chi connectivity index (χ2v) is 11.3. The fourth-order valence-corrected chi connectivity index (χ4v) is 5.98. The zero-order valence-electron chi connectivity index (χ0n) is 19.9. The topological polar surface area (TPSA) is 54.5 Å². The molecular formula is C26H31Cl2N3O2S.